The van der Waals surface area contributed by atoms with Crippen molar-refractivity contribution < 1.29 is 14.4 Å². The van der Waals surface area contributed by atoms with Gasteiger partial charge in [0.25, 0.3) is 0 Å². The molecule has 0 fully saturated rings. The average Bonchev–Trinajstić information content (AvgIpc) is 2.00. The Labute approximate surface area is 91.4 Å². The highest BCUT2D eigenvalue weighted by atomic mass is 31.2. The van der Waals surface area contributed by atoms with Crippen LogP contribution in [0.25, 0.3) is 0 Å². The average molecular weight is 230 g/mol. The summed E-state index contributed by atoms with van der Waals surface area (Å²) < 4.78 is 10.5. The first-order valence-corrected chi connectivity index (χ1v) is 6.53. The molecule has 0 aliphatic heterocycles. The first kappa shape index (κ1) is 14.4. The van der Waals surface area contributed by atoms with Crippen LogP contribution < -0.4 is 0 Å². The summed E-state index contributed by atoms with van der Waals surface area (Å²) in [4.78, 5) is 17.1. The first-order chi connectivity index (χ1) is 6.81. The van der Waals surface area contributed by atoms with E-state index in [0.717, 1.165) is 24.2 Å². The summed E-state index contributed by atoms with van der Waals surface area (Å²) in [7, 11) is -4.00. The highest BCUT2D eigenvalue weighted by Gasteiger charge is 2.03. The molecule has 86 valence electrons. The van der Waals surface area contributed by atoms with Crippen LogP contribution in [0.15, 0.2) is 35.2 Å². The third-order valence-electron chi connectivity index (χ3n) is 1.75. The van der Waals surface area contributed by atoms with Gasteiger partial charge in [0.1, 0.15) is 0 Å². The van der Waals surface area contributed by atoms with Crippen molar-refractivity contribution >= 4 is 7.60 Å². The first-order valence-electron chi connectivity index (χ1n) is 4.85. The quantitative estimate of drug-likeness (QED) is 0.432. The van der Waals surface area contributed by atoms with E-state index in [4.69, 9.17) is 9.79 Å². The van der Waals surface area contributed by atoms with Crippen LogP contribution in [-0.2, 0) is 4.57 Å². The van der Waals surface area contributed by atoms with E-state index in [1.165, 1.54) is 11.6 Å². The Balaban J connectivity index is 4.06. The van der Waals surface area contributed by atoms with Crippen molar-refractivity contribution in [2.75, 3.05) is 0 Å². The molecule has 3 nitrogen and oxygen atoms in total. The smallest absolute Gasteiger partial charge is 0.321 e. The monoisotopic (exact) mass is 230 g/mol. The van der Waals surface area contributed by atoms with Crippen LogP contribution in [0.4, 0.5) is 0 Å². The van der Waals surface area contributed by atoms with Crippen LogP contribution in [0.2, 0.25) is 0 Å². The van der Waals surface area contributed by atoms with Crippen molar-refractivity contribution in [2.24, 2.45) is 0 Å². The molecule has 0 amide bonds. The van der Waals surface area contributed by atoms with Gasteiger partial charge in [-0.2, -0.15) is 0 Å². The molecule has 0 aromatic heterocycles. The van der Waals surface area contributed by atoms with Gasteiger partial charge in [0.2, 0.25) is 0 Å². The second kappa shape index (κ2) is 6.78. The van der Waals surface area contributed by atoms with Gasteiger partial charge < -0.3 is 9.79 Å². The number of hydrogen-bond acceptors (Lipinski definition) is 1. The SMILES string of the molecule is CC(C)=CCC/C(C)=C/C=C/P(=O)(O)O. The van der Waals surface area contributed by atoms with Crippen LogP contribution in [0.5, 0.6) is 0 Å². The van der Waals surface area contributed by atoms with E-state index in [1.54, 1.807) is 6.08 Å². The molecular weight excluding hydrogens is 211 g/mol. The van der Waals surface area contributed by atoms with Gasteiger partial charge in [-0.25, -0.2) is 0 Å². The lowest BCUT2D eigenvalue weighted by Crippen LogP contribution is -1.76. The molecule has 0 aromatic rings. The topological polar surface area (TPSA) is 57.5 Å². The minimum Gasteiger partial charge on any atom is -0.321 e. The fraction of sp³-hybridized carbons (Fsp3) is 0.455. The highest BCUT2D eigenvalue weighted by molar-refractivity contribution is 7.55. The van der Waals surface area contributed by atoms with Gasteiger partial charge in [0, 0.05) is 5.82 Å². The molecule has 0 heterocycles. The van der Waals surface area contributed by atoms with E-state index < -0.39 is 7.60 Å². The molecular formula is C11H19O3P. The molecule has 0 radical (unpaired) electrons. The Morgan fingerprint density at radius 3 is 2.33 bits per heavy atom. The molecule has 0 bridgehead atoms. The molecule has 0 unspecified atom stereocenters. The minimum atomic E-state index is -4.00. The molecule has 0 saturated heterocycles. The Bertz CT molecular complexity index is 317. The van der Waals surface area contributed by atoms with E-state index in [1.807, 2.05) is 20.8 Å². The zero-order valence-electron chi connectivity index (χ0n) is 9.47. The summed E-state index contributed by atoms with van der Waals surface area (Å²) in [6, 6.07) is 0. The number of rotatable bonds is 5. The van der Waals surface area contributed by atoms with Crippen molar-refractivity contribution in [1.29, 1.82) is 0 Å². The lowest BCUT2D eigenvalue weighted by molar-refractivity contribution is 0.386. The standard InChI is InChI=1S/C11H19O3P/c1-10(2)6-4-7-11(3)8-5-9-15(12,13)14/h5-6,8-9H,4,7H2,1-3H3,(H2,12,13,14)/b9-5+,11-8+. The van der Waals surface area contributed by atoms with Crippen molar-refractivity contribution in [1.82, 2.24) is 0 Å². The summed E-state index contributed by atoms with van der Waals surface area (Å²) in [5.74, 6) is 0.914. The molecule has 15 heavy (non-hydrogen) atoms. The molecule has 0 aliphatic rings. The third kappa shape index (κ3) is 11.3. The maximum Gasteiger partial charge on any atom is 0.349 e. The second-order valence-electron chi connectivity index (χ2n) is 3.76. The number of hydrogen-bond donors (Lipinski definition) is 2. The minimum absolute atomic E-state index is 0.913. The third-order valence-corrected chi connectivity index (χ3v) is 2.31. The van der Waals surface area contributed by atoms with E-state index in [9.17, 15) is 4.57 Å². The van der Waals surface area contributed by atoms with E-state index in [2.05, 4.69) is 6.08 Å². The Kier molecular flexibility index (Phi) is 6.50. The van der Waals surface area contributed by atoms with Gasteiger partial charge in [0.15, 0.2) is 0 Å². The summed E-state index contributed by atoms with van der Waals surface area (Å²) >= 11 is 0. The predicted molar refractivity (Wildman–Crippen MR) is 63.6 cm³/mol. The van der Waals surface area contributed by atoms with Crippen LogP contribution in [0.1, 0.15) is 33.6 Å². The summed E-state index contributed by atoms with van der Waals surface area (Å²) in [6.07, 6.45) is 7.17. The molecule has 2 N–H and O–H groups in total. The summed E-state index contributed by atoms with van der Waals surface area (Å²) in [6.45, 7) is 6.04. The summed E-state index contributed by atoms with van der Waals surface area (Å²) in [5, 5.41) is 0. The fourth-order valence-corrected chi connectivity index (χ4v) is 1.30. The maximum atomic E-state index is 10.5. The molecule has 4 heteroatoms. The predicted octanol–water partition coefficient (Wildman–Crippen LogP) is 3.37. The zero-order valence-corrected chi connectivity index (χ0v) is 10.4. The van der Waals surface area contributed by atoms with Gasteiger partial charge in [-0.05, 0) is 33.6 Å². The molecule has 0 aromatic carbocycles. The molecule has 0 aliphatic carbocycles. The Hall–Kier alpha value is -0.630. The van der Waals surface area contributed by atoms with Crippen molar-refractivity contribution in [3.05, 3.63) is 35.2 Å². The van der Waals surface area contributed by atoms with Gasteiger partial charge >= 0.3 is 7.60 Å². The van der Waals surface area contributed by atoms with Gasteiger partial charge in [-0.1, -0.05) is 29.4 Å². The highest BCUT2D eigenvalue weighted by Crippen LogP contribution is 2.35. The molecule has 0 rings (SSSR count). The molecule has 0 atom stereocenters. The van der Waals surface area contributed by atoms with Crippen LogP contribution in [-0.4, -0.2) is 9.79 Å². The van der Waals surface area contributed by atoms with E-state index in [0.29, 0.717) is 0 Å². The van der Waals surface area contributed by atoms with E-state index >= 15 is 0 Å². The molecule has 0 saturated carbocycles. The van der Waals surface area contributed by atoms with Gasteiger partial charge in [0.05, 0.1) is 0 Å². The number of allylic oxidation sites excluding steroid dienone is 5. The van der Waals surface area contributed by atoms with Crippen LogP contribution in [0.3, 0.4) is 0 Å². The largest absolute Gasteiger partial charge is 0.349 e. The maximum absolute atomic E-state index is 10.5. The van der Waals surface area contributed by atoms with Gasteiger partial charge in [-0.15, -0.1) is 0 Å². The zero-order chi connectivity index (χ0) is 11.9. The van der Waals surface area contributed by atoms with Crippen LogP contribution >= 0.6 is 7.60 Å². The normalized spacial score (nSPS) is 13.3. The van der Waals surface area contributed by atoms with Crippen molar-refractivity contribution in [3.63, 3.8) is 0 Å². The van der Waals surface area contributed by atoms with Crippen molar-refractivity contribution in [2.45, 2.75) is 33.6 Å². The van der Waals surface area contributed by atoms with Crippen LogP contribution in [0, 0.1) is 0 Å². The van der Waals surface area contributed by atoms with E-state index in [-0.39, 0.29) is 0 Å². The lowest BCUT2D eigenvalue weighted by atomic mass is 10.1. The summed E-state index contributed by atoms with van der Waals surface area (Å²) in [5.41, 5.74) is 2.39. The lowest BCUT2D eigenvalue weighted by Gasteiger charge is -1.97. The van der Waals surface area contributed by atoms with Crippen molar-refractivity contribution in [3.8, 4) is 0 Å². The molecule has 0 spiro atoms. The fourth-order valence-electron chi connectivity index (χ4n) is 0.991. The Morgan fingerprint density at radius 2 is 1.87 bits per heavy atom. The second-order valence-corrected chi connectivity index (χ2v) is 5.24. The van der Waals surface area contributed by atoms with Gasteiger partial charge in [-0.3, -0.25) is 4.57 Å². The Morgan fingerprint density at radius 1 is 1.27 bits per heavy atom.